The van der Waals surface area contributed by atoms with Crippen LogP contribution in [0.3, 0.4) is 0 Å². The maximum atomic E-state index is 11.7. The summed E-state index contributed by atoms with van der Waals surface area (Å²) in [6.07, 6.45) is 0. The van der Waals surface area contributed by atoms with Crippen LogP contribution in [-0.4, -0.2) is 42.8 Å². The lowest BCUT2D eigenvalue weighted by Crippen LogP contribution is -2.37. The third kappa shape index (κ3) is 5.16. The van der Waals surface area contributed by atoms with Crippen molar-refractivity contribution < 1.29 is 9.21 Å². The second kappa shape index (κ2) is 7.84. The maximum Gasteiger partial charge on any atom is 0.318 e. The molecule has 1 unspecified atom stereocenters. The molecule has 2 N–H and O–H groups in total. The third-order valence-corrected chi connectivity index (χ3v) is 2.73. The highest BCUT2D eigenvalue weighted by molar-refractivity contribution is 5.80. The molecule has 7 heteroatoms. The van der Waals surface area contributed by atoms with Gasteiger partial charge in [-0.25, -0.2) is 0 Å². The lowest BCUT2D eigenvalue weighted by molar-refractivity contribution is -0.119. The van der Waals surface area contributed by atoms with E-state index in [4.69, 9.17) is 4.42 Å². The first-order chi connectivity index (χ1) is 9.43. The molecule has 0 aromatic carbocycles. The van der Waals surface area contributed by atoms with Crippen LogP contribution in [0.15, 0.2) is 4.42 Å². The zero-order valence-corrected chi connectivity index (χ0v) is 12.9. The fourth-order valence-corrected chi connectivity index (χ4v) is 1.61. The molecule has 0 radical (unpaired) electrons. The average molecular weight is 283 g/mol. The first kappa shape index (κ1) is 16.4. The molecular formula is C13H25N5O2. The lowest BCUT2D eigenvalue weighted by atomic mass is 10.2. The van der Waals surface area contributed by atoms with Crippen molar-refractivity contribution in [1.29, 1.82) is 0 Å². The Bertz CT molecular complexity index is 419. The second-order valence-electron chi connectivity index (χ2n) is 5.26. The van der Waals surface area contributed by atoms with E-state index in [0.29, 0.717) is 24.4 Å². The molecule has 1 aromatic rings. The lowest BCUT2D eigenvalue weighted by Gasteiger charge is -2.14. The highest BCUT2D eigenvalue weighted by atomic mass is 16.4. The largest absolute Gasteiger partial charge is 0.406 e. The number of carbonyl (C=O) groups excluding carboxylic acids is 1. The molecule has 20 heavy (non-hydrogen) atoms. The molecule has 0 aliphatic heterocycles. The van der Waals surface area contributed by atoms with Crippen molar-refractivity contribution in [2.45, 2.75) is 33.7 Å². The number of carbonyl (C=O) groups is 1. The van der Waals surface area contributed by atoms with Gasteiger partial charge in [0.1, 0.15) is 6.54 Å². The van der Waals surface area contributed by atoms with Crippen LogP contribution in [0.1, 0.15) is 39.6 Å². The van der Waals surface area contributed by atoms with Crippen LogP contribution in [-0.2, 0) is 4.79 Å². The van der Waals surface area contributed by atoms with Gasteiger partial charge in [-0.3, -0.25) is 4.79 Å². The highest BCUT2D eigenvalue weighted by Crippen LogP contribution is 2.15. The van der Waals surface area contributed by atoms with Crippen molar-refractivity contribution in [2.24, 2.45) is 5.92 Å². The molecule has 0 bridgehead atoms. The second-order valence-corrected chi connectivity index (χ2v) is 5.26. The number of likely N-dealkylation sites (N-methyl/N-ethyl adjacent to an activating group) is 1. The predicted molar refractivity (Wildman–Crippen MR) is 77.5 cm³/mol. The number of nitrogens with zero attached hydrogens (tertiary/aromatic N) is 3. The minimum atomic E-state index is -0.0549. The van der Waals surface area contributed by atoms with Crippen LogP contribution >= 0.6 is 0 Å². The van der Waals surface area contributed by atoms with Gasteiger partial charge in [0.05, 0.1) is 6.04 Å². The van der Waals surface area contributed by atoms with Crippen molar-refractivity contribution in [1.82, 2.24) is 20.8 Å². The molecule has 1 rings (SSSR count). The van der Waals surface area contributed by atoms with Gasteiger partial charge in [-0.15, -0.1) is 5.10 Å². The minimum absolute atomic E-state index is 0.00409. The predicted octanol–water partition coefficient (Wildman–Crippen LogP) is 0.948. The first-order valence-electron chi connectivity index (χ1n) is 6.98. The van der Waals surface area contributed by atoms with Gasteiger partial charge in [0, 0.05) is 13.6 Å². The van der Waals surface area contributed by atoms with E-state index >= 15 is 0 Å². The Labute approximate surface area is 120 Å². The SMILES string of the molecule is CCNC(C)c1nnc(N(C)CC(=O)NCC(C)C)o1. The van der Waals surface area contributed by atoms with Crippen LogP contribution in [0.2, 0.25) is 0 Å². The molecule has 0 saturated carbocycles. The van der Waals surface area contributed by atoms with Crippen LogP contribution < -0.4 is 15.5 Å². The Balaban J connectivity index is 2.51. The number of aromatic nitrogens is 2. The fraction of sp³-hybridized carbons (Fsp3) is 0.769. The van der Waals surface area contributed by atoms with Gasteiger partial charge in [-0.1, -0.05) is 25.9 Å². The summed E-state index contributed by atoms with van der Waals surface area (Å²) in [4.78, 5) is 13.4. The molecule has 114 valence electrons. The molecule has 0 aliphatic carbocycles. The van der Waals surface area contributed by atoms with Gasteiger partial charge in [-0.05, 0) is 19.4 Å². The molecule has 0 fully saturated rings. The average Bonchev–Trinajstić information content (AvgIpc) is 2.86. The molecule has 7 nitrogen and oxygen atoms in total. The standard InChI is InChI=1S/C13H25N5O2/c1-6-14-10(4)12-16-17-13(20-12)18(5)8-11(19)15-7-9(2)3/h9-10,14H,6-8H2,1-5H3,(H,15,19). The van der Waals surface area contributed by atoms with Crippen LogP contribution in [0.25, 0.3) is 0 Å². The van der Waals surface area contributed by atoms with E-state index < -0.39 is 0 Å². The Morgan fingerprint density at radius 2 is 2.05 bits per heavy atom. The zero-order chi connectivity index (χ0) is 15.1. The van der Waals surface area contributed by atoms with E-state index in [1.807, 2.05) is 13.8 Å². The smallest absolute Gasteiger partial charge is 0.318 e. The van der Waals surface area contributed by atoms with Crippen LogP contribution in [0.4, 0.5) is 6.01 Å². The van der Waals surface area contributed by atoms with E-state index in [1.54, 1.807) is 11.9 Å². The molecule has 1 heterocycles. The normalized spacial score (nSPS) is 12.5. The number of nitrogens with one attached hydrogen (secondary N) is 2. The summed E-state index contributed by atoms with van der Waals surface area (Å²) < 4.78 is 5.55. The maximum absolute atomic E-state index is 11.7. The molecular weight excluding hydrogens is 258 g/mol. The topological polar surface area (TPSA) is 83.3 Å². The van der Waals surface area contributed by atoms with Crippen molar-refractivity contribution in [3.63, 3.8) is 0 Å². The monoisotopic (exact) mass is 283 g/mol. The fourth-order valence-electron chi connectivity index (χ4n) is 1.61. The summed E-state index contributed by atoms with van der Waals surface area (Å²) in [5, 5.41) is 14.0. The summed E-state index contributed by atoms with van der Waals surface area (Å²) >= 11 is 0. The van der Waals surface area contributed by atoms with Gasteiger partial charge in [0.2, 0.25) is 11.8 Å². The van der Waals surface area contributed by atoms with Gasteiger partial charge >= 0.3 is 6.01 Å². The van der Waals surface area contributed by atoms with E-state index in [9.17, 15) is 4.79 Å². The minimum Gasteiger partial charge on any atom is -0.406 e. The summed E-state index contributed by atoms with van der Waals surface area (Å²) in [6.45, 7) is 9.76. The quantitative estimate of drug-likeness (QED) is 0.739. The molecule has 0 aliphatic rings. The molecule has 1 amide bonds. The number of rotatable bonds is 8. The molecule has 0 saturated heterocycles. The van der Waals surface area contributed by atoms with Gasteiger partial charge in [0.15, 0.2) is 0 Å². The molecule has 1 atom stereocenters. The first-order valence-corrected chi connectivity index (χ1v) is 6.98. The summed E-state index contributed by atoms with van der Waals surface area (Å²) in [7, 11) is 1.75. The summed E-state index contributed by atoms with van der Waals surface area (Å²) in [5.41, 5.74) is 0. The van der Waals surface area contributed by atoms with E-state index in [1.165, 1.54) is 0 Å². The third-order valence-electron chi connectivity index (χ3n) is 2.73. The van der Waals surface area contributed by atoms with E-state index in [0.717, 1.165) is 6.54 Å². The summed E-state index contributed by atoms with van der Waals surface area (Å²) in [6, 6.07) is 0.355. The number of hydrogen-bond acceptors (Lipinski definition) is 6. The van der Waals surface area contributed by atoms with Gasteiger partial charge in [-0.2, -0.15) is 0 Å². The van der Waals surface area contributed by atoms with Crippen LogP contribution in [0.5, 0.6) is 0 Å². The molecule has 0 spiro atoms. The van der Waals surface area contributed by atoms with E-state index in [2.05, 4.69) is 34.7 Å². The Morgan fingerprint density at radius 1 is 1.35 bits per heavy atom. The summed E-state index contributed by atoms with van der Waals surface area (Å²) in [5.74, 6) is 0.900. The number of amides is 1. The van der Waals surface area contributed by atoms with Crippen molar-refractivity contribution >= 4 is 11.9 Å². The van der Waals surface area contributed by atoms with Gasteiger partial charge in [0.25, 0.3) is 0 Å². The Hall–Kier alpha value is -1.63. The Kier molecular flexibility index (Phi) is 6.44. The zero-order valence-electron chi connectivity index (χ0n) is 12.9. The van der Waals surface area contributed by atoms with Crippen molar-refractivity contribution in [2.75, 3.05) is 31.6 Å². The molecule has 1 aromatic heterocycles. The highest BCUT2D eigenvalue weighted by Gasteiger charge is 2.17. The van der Waals surface area contributed by atoms with Crippen molar-refractivity contribution in [3.05, 3.63) is 5.89 Å². The van der Waals surface area contributed by atoms with Gasteiger partial charge < -0.3 is 20.0 Å². The van der Waals surface area contributed by atoms with Crippen LogP contribution in [0, 0.1) is 5.92 Å². The Morgan fingerprint density at radius 3 is 2.65 bits per heavy atom. The number of anilines is 1. The van der Waals surface area contributed by atoms with E-state index in [-0.39, 0.29) is 18.5 Å². The van der Waals surface area contributed by atoms with Crippen molar-refractivity contribution in [3.8, 4) is 0 Å². The number of hydrogen-bond donors (Lipinski definition) is 2.